The van der Waals surface area contributed by atoms with Gasteiger partial charge in [-0.25, -0.2) is 4.98 Å². The lowest BCUT2D eigenvalue weighted by Crippen LogP contribution is -2.37. The summed E-state index contributed by atoms with van der Waals surface area (Å²) in [6.45, 7) is 3.80. The number of nitrogens with one attached hydrogen (secondary N) is 1. The number of piperidine rings is 1. The number of carbonyl (C=O) groups is 1. The van der Waals surface area contributed by atoms with E-state index in [1.807, 2.05) is 36.4 Å². The molecule has 1 fully saturated rings. The summed E-state index contributed by atoms with van der Waals surface area (Å²) in [4.78, 5) is 21.8. The Morgan fingerprint density at radius 1 is 1.12 bits per heavy atom. The summed E-state index contributed by atoms with van der Waals surface area (Å²) < 4.78 is 6.13. The minimum absolute atomic E-state index is 0.453. The van der Waals surface area contributed by atoms with Crippen LogP contribution < -0.4 is 10.5 Å². The molecule has 1 aliphatic rings. The topological polar surface area (TPSA) is 84.2 Å². The molecule has 1 unspecified atom stereocenters. The summed E-state index contributed by atoms with van der Waals surface area (Å²) in [5.74, 6) is 1.65. The number of benzene rings is 3. The number of amides is 1. The highest BCUT2D eigenvalue weighted by atomic mass is 35.5. The van der Waals surface area contributed by atoms with Crippen molar-refractivity contribution in [3.05, 3.63) is 82.9 Å². The zero-order valence-corrected chi connectivity index (χ0v) is 19.6. The average Bonchev–Trinajstić information content (AvgIpc) is 3.28. The van der Waals surface area contributed by atoms with Gasteiger partial charge in [0.1, 0.15) is 11.6 Å². The molecule has 2 heterocycles. The van der Waals surface area contributed by atoms with Crippen molar-refractivity contribution in [2.75, 3.05) is 19.7 Å². The first-order chi connectivity index (χ1) is 16.5. The molecule has 0 aliphatic carbocycles. The molecular formula is C27H27ClN4O2. The minimum Gasteiger partial charge on any atom is -0.493 e. The smallest absolute Gasteiger partial charge is 0.248 e. The predicted molar refractivity (Wildman–Crippen MR) is 135 cm³/mol. The Balaban J connectivity index is 1.18. The van der Waals surface area contributed by atoms with E-state index in [2.05, 4.69) is 27.0 Å². The van der Waals surface area contributed by atoms with Crippen LogP contribution in [-0.4, -0.2) is 40.5 Å². The van der Waals surface area contributed by atoms with E-state index in [1.54, 1.807) is 18.2 Å². The monoisotopic (exact) mass is 474 g/mol. The number of fused-ring (bicyclic) bond motifs is 1. The quantitative estimate of drug-likeness (QED) is 0.382. The standard InChI is InChI=1S/C27H27ClN4O2/c28-22-8-3-18(4-9-22)15-32-13-1-2-19(16-32)17-34-23-10-5-20(6-11-23)27-30-24-12-7-21(26(29)33)14-25(24)31-27/h3-12,14,19H,1-2,13,15-17H2,(H2,29,33)(H,30,31). The minimum atomic E-state index is -0.453. The normalized spacial score (nSPS) is 16.6. The molecule has 174 valence electrons. The molecule has 1 aliphatic heterocycles. The van der Waals surface area contributed by atoms with Crippen LogP contribution in [0.2, 0.25) is 5.02 Å². The van der Waals surface area contributed by atoms with Crippen molar-refractivity contribution in [1.82, 2.24) is 14.9 Å². The molecule has 0 radical (unpaired) electrons. The van der Waals surface area contributed by atoms with Crippen LogP contribution in [0.3, 0.4) is 0 Å². The van der Waals surface area contributed by atoms with E-state index < -0.39 is 5.91 Å². The number of H-pyrrole nitrogens is 1. The first-order valence-corrected chi connectivity index (χ1v) is 11.9. The number of ether oxygens (including phenoxy) is 1. The van der Waals surface area contributed by atoms with Gasteiger partial charge >= 0.3 is 0 Å². The lowest BCUT2D eigenvalue weighted by atomic mass is 9.98. The van der Waals surface area contributed by atoms with Crippen LogP contribution in [0, 0.1) is 5.92 Å². The molecule has 5 rings (SSSR count). The largest absolute Gasteiger partial charge is 0.493 e. The first-order valence-electron chi connectivity index (χ1n) is 11.5. The number of hydrogen-bond acceptors (Lipinski definition) is 4. The second-order valence-corrected chi connectivity index (χ2v) is 9.32. The van der Waals surface area contributed by atoms with Gasteiger partial charge in [-0.3, -0.25) is 9.69 Å². The number of primary amides is 1. The molecule has 1 aromatic heterocycles. The molecule has 1 saturated heterocycles. The van der Waals surface area contributed by atoms with Crippen LogP contribution in [0.1, 0.15) is 28.8 Å². The number of carbonyl (C=O) groups excluding carboxylic acids is 1. The fourth-order valence-electron chi connectivity index (χ4n) is 4.50. The van der Waals surface area contributed by atoms with Crippen LogP contribution in [0.25, 0.3) is 22.4 Å². The number of aromatic amines is 1. The summed E-state index contributed by atoms with van der Waals surface area (Å²) in [5.41, 5.74) is 9.65. The second kappa shape index (κ2) is 9.87. The van der Waals surface area contributed by atoms with Crippen LogP contribution in [0.4, 0.5) is 0 Å². The number of nitrogens with two attached hydrogens (primary N) is 1. The summed E-state index contributed by atoms with van der Waals surface area (Å²) in [6, 6.07) is 21.3. The van der Waals surface area contributed by atoms with Gasteiger partial charge in [0.05, 0.1) is 17.6 Å². The van der Waals surface area contributed by atoms with Crippen molar-refractivity contribution in [3.63, 3.8) is 0 Å². The van der Waals surface area contributed by atoms with Gasteiger partial charge in [-0.15, -0.1) is 0 Å². The highest BCUT2D eigenvalue weighted by Gasteiger charge is 2.20. The number of halogens is 1. The Kier molecular flexibility index (Phi) is 6.52. The molecule has 4 aromatic rings. The Morgan fingerprint density at radius 2 is 1.91 bits per heavy atom. The summed E-state index contributed by atoms with van der Waals surface area (Å²) in [5, 5.41) is 0.775. The molecule has 1 atom stereocenters. The highest BCUT2D eigenvalue weighted by molar-refractivity contribution is 6.30. The van der Waals surface area contributed by atoms with Crippen molar-refractivity contribution in [3.8, 4) is 17.1 Å². The van der Waals surface area contributed by atoms with Crippen molar-refractivity contribution < 1.29 is 9.53 Å². The van der Waals surface area contributed by atoms with Gasteiger partial charge < -0.3 is 15.5 Å². The summed E-state index contributed by atoms with van der Waals surface area (Å²) >= 11 is 6.01. The van der Waals surface area contributed by atoms with Gasteiger partial charge in [0.25, 0.3) is 0 Å². The van der Waals surface area contributed by atoms with Crippen molar-refractivity contribution in [1.29, 1.82) is 0 Å². The van der Waals surface area contributed by atoms with Gasteiger partial charge in [-0.2, -0.15) is 0 Å². The Bertz CT molecular complexity index is 1280. The van der Waals surface area contributed by atoms with Crippen LogP contribution >= 0.6 is 11.6 Å². The Labute approximate surface area is 203 Å². The molecule has 0 spiro atoms. The number of aromatic nitrogens is 2. The van der Waals surface area contributed by atoms with Crippen molar-refractivity contribution >= 4 is 28.5 Å². The maximum absolute atomic E-state index is 11.4. The molecular weight excluding hydrogens is 448 g/mol. The van der Waals surface area contributed by atoms with Crippen molar-refractivity contribution in [2.24, 2.45) is 11.7 Å². The van der Waals surface area contributed by atoms with Gasteiger partial charge in [-0.1, -0.05) is 23.7 Å². The summed E-state index contributed by atoms with van der Waals surface area (Å²) in [7, 11) is 0. The Hall–Kier alpha value is -3.35. The zero-order valence-electron chi connectivity index (χ0n) is 18.8. The lowest BCUT2D eigenvalue weighted by molar-refractivity contribution is 0.100. The van der Waals surface area contributed by atoms with E-state index >= 15 is 0 Å². The van der Waals surface area contributed by atoms with Crippen LogP contribution in [0.15, 0.2) is 66.7 Å². The molecule has 34 heavy (non-hydrogen) atoms. The molecule has 7 heteroatoms. The molecule has 1 amide bonds. The maximum Gasteiger partial charge on any atom is 0.248 e. The van der Waals surface area contributed by atoms with E-state index in [4.69, 9.17) is 22.1 Å². The average molecular weight is 475 g/mol. The molecule has 0 saturated carbocycles. The van der Waals surface area contributed by atoms with Gasteiger partial charge in [0, 0.05) is 35.2 Å². The molecule has 6 nitrogen and oxygen atoms in total. The molecule has 3 N–H and O–H groups in total. The second-order valence-electron chi connectivity index (χ2n) is 8.89. The van der Waals surface area contributed by atoms with E-state index in [0.717, 1.165) is 52.8 Å². The van der Waals surface area contributed by atoms with E-state index in [1.165, 1.54) is 18.4 Å². The molecule has 3 aromatic carbocycles. The molecule has 0 bridgehead atoms. The third-order valence-electron chi connectivity index (χ3n) is 6.30. The van der Waals surface area contributed by atoms with Gasteiger partial charge in [0.2, 0.25) is 5.91 Å². The lowest BCUT2D eigenvalue weighted by Gasteiger charge is -2.32. The maximum atomic E-state index is 11.4. The van der Waals surface area contributed by atoms with E-state index in [-0.39, 0.29) is 0 Å². The Morgan fingerprint density at radius 3 is 2.68 bits per heavy atom. The number of rotatable bonds is 7. The van der Waals surface area contributed by atoms with Gasteiger partial charge in [0.15, 0.2) is 0 Å². The number of nitrogens with zero attached hydrogens (tertiary/aromatic N) is 2. The number of likely N-dealkylation sites (tertiary alicyclic amines) is 1. The van der Waals surface area contributed by atoms with Gasteiger partial charge in [-0.05, 0) is 79.5 Å². The SMILES string of the molecule is NC(=O)c1ccc2nc(-c3ccc(OCC4CCCN(Cc5ccc(Cl)cc5)C4)cc3)[nH]c2c1. The fraction of sp³-hybridized carbons (Fsp3) is 0.259. The third kappa shape index (κ3) is 5.24. The third-order valence-corrected chi connectivity index (χ3v) is 6.55. The fourth-order valence-corrected chi connectivity index (χ4v) is 4.63. The zero-order chi connectivity index (χ0) is 23.5. The van der Waals surface area contributed by atoms with Crippen LogP contribution in [-0.2, 0) is 6.54 Å². The highest BCUT2D eigenvalue weighted by Crippen LogP contribution is 2.25. The van der Waals surface area contributed by atoms with E-state index in [0.29, 0.717) is 18.1 Å². The first kappa shape index (κ1) is 22.4. The van der Waals surface area contributed by atoms with E-state index in [9.17, 15) is 4.79 Å². The number of hydrogen-bond donors (Lipinski definition) is 2. The van der Waals surface area contributed by atoms with Crippen LogP contribution in [0.5, 0.6) is 5.75 Å². The number of imidazole rings is 1. The summed E-state index contributed by atoms with van der Waals surface area (Å²) in [6.07, 6.45) is 2.37. The van der Waals surface area contributed by atoms with Crippen molar-refractivity contribution in [2.45, 2.75) is 19.4 Å². The predicted octanol–water partition coefficient (Wildman–Crippen LogP) is 5.27.